The van der Waals surface area contributed by atoms with Crippen molar-refractivity contribution in [2.75, 3.05) is 0 Å². The lowest BCUT2D eigenvalue weighted by Crippen LogP contribution is -2.43. The molecule has 1 aromatic carbocycles. The Hall–Kier alpha value is -3.09. The SMILES string of the molecule is C[C@@H](NC(=O)c1ccco1)C(=O)O[C@H](C)C(=O)NCc1ccccc1. The third kappa shape index (κ3) is 5.49. The summed E-state index contributed by atoms with van der Waals surface area (Å²) in [6, 6.07) is 11.5. The molecular weight excluding hydrogens is 324 g/mol. The molecule has 132 valence electrons. The van der Waals surface area contributed by atoms with Crippen LogP contribution in [0.4, 0.5) is 0 Å². The first-order valence-corrected chi connectivity index (χ1v) is 7.84. The van der Waals surface area contributed by atoms with Gasteiger partial charge < -0.3 is 19.8 Å². The number of furan rings is 1. The minimum absolute atomic E-state index is 0.0910. The molecule has 25 heavy (non-hydrogen) atoms. The third-order valence-corrected chi connectivity index (χ3v) is 3.42. The molecular formula is C18H20N2O5. The van der Waals surface area contributed by atoms with Gasteiger partial charge in [0.2, 0.25) is 0 Å². The van der Waals surface area contributed by atoms with Gasteiger partial charge in [-0.05, 0) is 31.5 Å². The van der Waals surface area contributed by atoms with Gasteiger partial charge in [-0.3, -0.25) is 9.59 Å². The van der Waals surface area contributed by atoms with E-state index in [9.17, 15) is 14.4 Å². The number of carbonyl (C=O) groups is 3. The molecule has 0 radical (unpaired) electrons. The van der Waals surface area contributed by atoms with E-state index in [-0.39, 0.29) is 5.76 Å². The van der Waals surface area contributed by atoms with E-state index in [0.29, 0.717) is 6.54 Å². The molecule has 7 nitrogen and oxygen atoms in total. The van der Waals surface area contributed by atoms with Gasteiger partial charge in [-0.15, -0.1) is 0 Å². The first kappa shape index (κ1) is 18.3. The Morgan fingerprint density at radius 1 is 1.08 bits per heavy atom. The fourth-order valence-corrected chi connectivity index (χ4v) is 1.99. The molecule has 0 aliphatic heterocycles. The number of esters is 1. The number of amides is 2. The van der Waals surface area contributed by atoms with Crippen LogP contribution in [0.3, 0.4) is 0 Å². The Morgan fingerprint density at radius 3 is 2.44 bits per heavy atom. The third-order valence-electron chi connectivity index (χ3n) is 3.42. The lowest BCUT2D eigenvalue weighted by molar-refractivity contribution is -0.156. The number of rotatable bonds is 7. The Labute approximate surface area is 145 Å². The van der Waals surface area contributed by atoms with Gasteiger partial charge in [0.1, 0.15) is 6.04 Å². The summed E-state index contributed by atoms with van der Waals surface area (Å²) in [6.45, 7) is 3.28. The molecule has 2 atom stereocenters. The maximum absolute atomic E-state index is 12.0. The van der Waals surface area contributed by atoms with Gasteiger partial charge in [-0.25, -0.2) is 4.79 Å². The van der Waals surface area contributed by atoms with Crippen LogP contribution in [-0.2, 0) is 20.9 Å². The molecule has 0 saturated heterocycles. The van der Waals surface area contributed by atoms with Gasteiger partial charge in [0, 0.05) is 6.54 Å². The van der Waals surface area contributed by atoms with E-state index in [2.05, 4.69) is 10.6 Å². The van der Waals surface area contributed by atoms with Crippen molar-refractivity contribution in [1.29, 1.82) is 0 Å². The van der Waals surface area contributed by atoms with Crippen molar-refractivity contribution in [2.24, 2.45) is 0 Å². The summed E-state index contributed by atoms with van der Waals surface area (Å²) in [5, 5.41) is 5.13. The van der Waals surface area contributed by atoms with Crippen LogP contribution in [0.25, 0.3) is 0 Å². The summed E-state index contributed by atoms with van der Waals surface area (Å²) >= 11 is 0. The highest BCUT2D eigenvalue weighted by Gasteiger charge is 2.24. The standard InChI is InChI=1S/C18H20N2O5/c1-12(20-17(22)15-9-6-10-24-15)18(23)25-13(2)16(21)19-11-14-7-4-3-5-8-14/h3-10,12-13H,11H2,1-2H3,(H,19,21)(H,20,22)/t12-,13-/m1/s1. The maximum atomic E-state index is 12.0. The van der Waals surface area contributed by atoms with Crippen LogP contribution in [0.5, 0.6) is 0 Å². The highest BCUT2D eigenvalue weighted by Crippen LogP contribution is 2.03. The fourth-order valence-electron chi connectivity index (χ4n) is 1.99. The van der Waals surface area contributed by atoms with E-state index in [4.69, 9.17) is 9.15 Å². The lowest BCUT2D eigenvalue weighted by atomic mass is 10.2. The number of nitrogens with one attached hydrogen (secondary N) is 2. The summed E-state index contributed by atoms with van der Waals surface area (Å²) in [7, 11) is 0. The van der Waals surface area contributed by atoms with Crippen LogP contribution in [0.1, 0.15) is 30.0 Å². The van der Waals surface area contributed by atoms with Crippen LogP contribution in [-0.4, -0.2) is 29.9 Å². The van der Waals surface area contributed by atoms with E-state index in [0.717, 1.165) is 5.56 Å². The van der Waals surface area contributed by atoms with E-state index in [1.54, 1.807) is 6.07 Å². The Morgan fingerprint density at radius 2 is 1.80 bits per heavy atom. The van der Waals surface area contributed by atoms with E-state index in [1.807, 2.05) is 30.3 Å². The second kappa shape index (κ2) is 8.68. The summed E-state index contributed by atoms with van der Waals surface area (Å²) in [4.78, 5) is 35.8. The average molecular weight is 344 g/mol. The summed E-state index contributed by atoms with van der Waals surface area (Å²) < 4.78 is 10.0. The molecule has 1 aromatic heterocycles. The van der Waals surface area contributed by atoms with Crippen molar-refractivity contribution in [3.8, 4) is 0 Å². The zero-order valence-electron chi connectivity index (χ0n) is 14.0. The molecule has 2 amide bonds. The molecule has 1 heterocycles. The largest absolute Gasteiger partial charge is 0.459 e. The van der Waals surface area contributed by atoms with Crippen LogP contribution in [0, 0.1) is 0 Å². The predicted octanol–water partition coefficient (Wildman–Crippen LogP) is 1.65. The second-order valence-corrected chi connectivity index (χ2v) is 5.45. The van der Waals surface area contributed by atoms with Crippen LogP contribution < -0.4 is 10.6 Å². The number of hydrogen-bond acceptors (Lipinski definition) is 5. The number of carbonyl (C=O) groups excluding carboxylic acids is 3. The van der Waals surface area contributed by atoms with Crippen LogP contribution >= 0.6 is 0 Å². The number of ether oxygens (including phenoxy) is 1. The summed E-state index contributed by atoms with van der Waals surface area (Å²) in [5.74, 6) is -1.56. The van der Waals surface area contributed by atoms with E-state index in [1.165, 1.54) is 26.2 Å². The molecule has 0 fully saturated rings. The Balaban J connectivity index is 1.78. The average Bonchev–Trinajstić information content (AvgIpc) is 3.15. The lowest BCUT2D eigenvalue weighted by Gasteiger charge is -2.17. The highest BCUT2D eigenvalue weighted by molar-refractivity contribution is 5.94. The molecule has 2 rings (SSSR count). The van der Waals surface area contributed by atoms with Crippen molar-refractivity contribution < 1.29 is 23.5 Å². The van der Waals surface area contributed by atoms with Gasteiger partial charge in [-0.2, -0.15) is 0 Å². The Kier molecular flexibility index (Phi) is 6.33. The van der Waals surface area contributed by atoms with Crippen molar-refractivity contribution in [3.05, 3.63) is 60.1 Å². The van der Waals surface area contributed by atoms with Gasteiger partial charge in [-0.1, -0.05) is 30.3 Å². The second-order valence-electron chi connectivity index (χ2n) is 5.45. The molecule has 0 spiro atoms. The van der Waals surface area contributed by atoms with Crippen molar-refractivity contribution >= 4 is 17.8 Å². The normalized spacial score (nSPS) is 12.7. The smallest absolute Gasteiger partial charge is 0.329 e. The zero-order chi connectivity index (χ0) is 18.2. The molecule has 2 N–H and O–H groups in total. The quantitative estimate of drug-likeness (QED) is 0.744. The van der Waals surface area contributed by atoms with Crippen LogP contribution in [0.15, 0.2) is 53.1 Å². The van der Waals surface area contributed by atoms with Gasteiger partial charge >= 0.3 is 5.97 Å². The van der Waals surface area contributed by atoms with Gasteiger partial charge in [0.05, 0.1) is 6.26 Å². The minimum Gasteiger partial charge on any atom is -0.459 e. The van der Waals surface area contributed by atoms with Crippen molar-refractivity contribution in [3.63, 3.8) is 0 Å². The monoisotopic (exact) mass is 344 g/mol. The zero-order valence-corrected chi connectivity index (χ0v) is 14.0. The molecule has 0 aliphatic carbocycles. The highest BCUT2D eigenvalue weighted by atomic mass is 16.5. The minimum atomic E-state index is -0.973. The first-order valence-electron chi connectivity index (χ1n) is 7.84. The molecule has 0 saturated carbocycles. The molecule has 0 bridgehead atoms. The maximum Gasteiger partial charge on any atom is 0.329 e. The molecule has 2 aromatic rings. The molecule has 0 unspecified atom stereocenters. The molecule has 7 heteroatoms. The first-order chi connectivity index (χ1) is 12.0. The fraction of sp³-hybridized carbons (Fsp3) is 0.278. The van der Waals surface area contributed by atoms with Crippen LogP contribution in [0.2, 0.25) is 0 Å². The molecule has 0 aliphatic rings. The summed E-state index contributed by atoms with van der Waals surface area (Å²) in [5.41, 5.74) is 0.938. The number of benzene rings is 1. The van der Waals surface area contributed by atoms with Crippen molar-refractivity contribution in [1.82, 2.24) is 10.6 Å². The number of hydrogen-bond donors (Lipinski definition) is 2. The Bertz CT molecular complexity index is 712. The topological polar surface area (TPSA) is 97.6 Å². The van der Waals surface area contributed by atoms with Crippen molar-refractivity contribution in [2.45, 2.75) is 32.5 Å². The van der Waals surface area contributed by atoms with E-state index < -0.39 is 29.9 Å². The summed E-state index contributed by atoms with van der Waals surface area (Å²) in [6.07, 6.45) is 0.385. The predicted molar refractivity (Wildman–Crippen MR) is 89.5 cm³/mol. The van der Waals surface area contributed by atoms with Gasteiger partial charge in [0.15, 0.2) is 11.9 Å². The van der Waals surface area contributed by atoms with Gasteiger partial charge in [0.25, 0.3) is 11.8 Å². The van der Waals surface area contributed by atoms with E-state index >= 15 is 0 Å².